The van der Waals surface area contributed by atoms with Gasteiger partial charge in [0.05, 0.1) is 25.2 Å². The Balaban J connectivity index is 1.24. The van der Waals surface area contributed by atoms with Crippen molar-refractivity contribution in [1.29, 1.82) is 0 Å². The molecule has 5 heteroatoms. The Bertz CT molecular complexity index is 1090. The van der Waals surface area contributed by atoms with Gasteiger partial charge in [-0.2, -0.15) is 0 Å². The van der Waals surface area contributed by atoms with E-state index in [-0.39, 0.29) is 36.0 Å². The fourth-order valence-corrected chi connectivity index (χ4v) is 4.85. The summed E-state index contributed by atoms with van der Waals surface area (Å²) < 4.78 is 17.4. The number of hydrogen-bond donors (Lipinski definition) is 0. The average Bonchev–Trinajstić information content (AvgIpc) is 3.36. The van der Waals surface area contributed by atoms with Crippen molar-refractivity contribution in [1.82, 2.24) is 0 Å². The molecule has 1 saturated carbocycles. The average molecular weight is 443 g/mol. The quantitative estimate of drug-likeness (QED) is 0.480. The summed E-state index contributed by atoms with van der Waals surface area (Å²) in [4.78, 5) is 24.7. The molecule has 1 aliphatic carbocycles. The Hall–Kier alpha value is -3.44. The highest BCUT2D eigenvalue weighted by molar-refractivity contribution is 5.90. The predicted octanol–water partition coefficient (Wildman–Crippen LogP) is 5.05. The molecule has 0 bridgehead atoms. The zero-order chi connectivity index (χ0) is 22.6. The molecule has 0 aromatic heterocycles. The zero-order valence-corrected chi connectivity index (χ0v) is 18.3. The number of esters is 2. The van der Waals surface area contributed by atoms with Gasteiger partial charge in [-0.25, -0.2) is 4.79 Å². The molecule has 3 aromatic carbocycles. The number of benzene rings is 3. The number of carbonyl (C=O) groups is 2. The molecule has 4 atom stereocenters. The standard InChI is InChI=1S/C28H26O5/c29-27-15-23-24(18-31-17-19-7-3-1-4-8-19)26(16-25(23)32-27)33-28(30)22-13-11-21(12-14-22)20-9-5-2-6-10-20/h1-14,23-26H,15-18H2. The van der Waals surface area contributed by atoms with Crippen molar-refractivity contribution in [3.05, 3.63) is 96.1 Å². The van der Waals surface area contributed by atoms with Gasteiger partial charge in [0.1, 0.15) is 12.2 Å². The third-order valence-electron chi connectivity index (χ3n) is 6.56. The molecule has 0 spiro atoms. The lowest BCUT2D eigenvalue weighted by Crippen LogP contribution is -2.29. The van der Waals surface area contributed by atoms with Crippen molar-refractivity contribution in [3.8, 4) is 11.1 Å². The monoisotopic (exact) mass is 442 g/mol. The summed E-state index contributed by atoms with van der Waals surface area (Å²) in [6, 6.07) is 27.4. The summed E-state index contributed by atoms with van der Waals surface area (Å²) in [5.74, 6) is -0.595. The fraction of sp³-hybridized carbons (Fsp3) is 0.286. The first-order valence-electron chi connectivity index (χ1n) is 11.3. The summed E-state index contributed by atoms with van der Waals surface area (Å²) in [7, 11) is 0. The van der Waals surface area contributed by atoms with Crippen LogP contribution in [0.5, 0.6) is 0 Å². The molecule has 0 N–H and O–H groups in total. The third kappa shape index (κ3) is 4.83. The second kappa shape index (κ2) is 9.59. The zero-order valence-electron chi connectivity index (χ0n) is 18.3. The maximum Gasteiger partial charge on any atom is 0.338 e. The van der Waals surface area contributed by atoms with Crippen molar-refractivity contribution in [2.45, 2.75) is 31.7 Å². The first-order valence-corrected chi connectivity index (χ1v) is 11.3. The molecule has 5 rings (SSSR count). The van der Waals surface area contributed by atoms with Gasteiger partial charge in [-0.15, -0.1) is 0 Å². The summed E-state index contributed by atoms with van der Waals surface area (Å²) >= 11 is 0. The minimum absolute atomic E-state index is 0.0199. The fourth-order valence-electron chi connectivity index (χ4n) is 4.85. The van der Waals surface area contributed by atoms with E-state index in [4.69, 9.17) is 14.2 Å². The highest BCUT2D eigenvalue weighted by Crippen LogP contribution is 2.43. The lowest BCUT2D eigenvalue weighted by atomic mass is 9.93. The molecule has 0 radical (unpaired) electrons. The van der Waals surface area contributed by atoms with Gasteiger partial charge in [0.2, 0.25) is 0 Å². The Morgan fingerprint density at radius 3 is 2.27 bits per heavy atom. The number of ether oxygens (including phenoxy) is 3. The highest BCUT2D eigenvalue weighted by Gasteiger charge is 2.51. The smallest absolute Gasteiger partial charge is 0.338 e. The molecule has 2 aliphatic rings. The van der Waals surface area contributed by atoms with E-state index in [2.05, 4.69) is 0 Å². The summed E-state index contributed by atoms with van der Waals surface area (Å²) in [5, 5.41) is 0. The molecule has 4 unspecified atom stereocenters. The van der Waals surface area contributed by atoms with Crippen LogP contribution in [0.1, 0.15) is 28.8 Å². The molecule has 1 heterocycles. The van der Waals surface area contributed by atoms with Gasteiger partial charge >= 0.3 is 11.9 Å². The van der Waals surface area contributed by atoms with Crippen LogP contribution in [0, 0.1) is 11.8 Å². The SMILES string of the molecule is O=C1CC2C(CC(OC(=O)c3ccc(-c4ccccc4)cc3)C2COCc2ccccc2)O1. The molecule has 168 valence electrons. The van der Waals surface area contributed by atoms with Crippen molar-refractivity contribution >= 4 is 11.9 Å². The van der Waals surface area contributed by atoms with Gasteiger partial charge < -0.3 is 14.2 Å². The molecule has 33 heavy (non-hydrogen) atoms. The van der Waals surface area contributed by atoms with Crippen LogP contribution >= 0.6 is 0 Å². The molecule has 1 saturated heterocycles. The van der Waals surface area contributed by atoms with Crippen LogP contribution in [-0.4, -0.2) is 30.8 Å². The molecule has 3 aromatic rings. The molecule has 1 aliphatic heterocycles. The van der Waals surface area contributed by atoms with Crippen LogP contribution in [0.3, 0.4) is 0 Å². The Kier molecular flexibility index (Phi) is 6.22. The normalized spacial score (nSPS) is 23.7. The van der Waals surface area contributed by atoms with Gasteiger partial charge in [0, 0.05) is 18.3 Å². The van der Waals surface area contributed by atoms with E-state index in [0.29, 0.717) is 31.6 Å². The highest BCUT2D eigenvalue weighted by atomic mass is 16.6. The minimum atomic E-state index is -0.362. The second-order valence-electron chi connectivity index (χ2n) is 8.68. The summed E-state index contributed by atoms with van der Waals surface area (Å²) in [6.07, 6.45) is 0.319. The van der Waals surface area contributed by atoms with Gasteiger partial charge in [0.15, 0.2) is 0 Å². The summed E-state index contributed by atoms with van der Waals surface area (Å²) in [5.41, 5.74) is 3.73. The number of fused-ring (bicyclic) bond motifs is 1. The van der Waals surface area contributed by atoms with Gasteiger partial charge in [-0.1, -0.05) is 72.8 Å². The Morgan fingerprint density at radius 2 is 1.55 bits per heavy atom. The molecule has 5 nitrogen and oxygen atoms in total. The number of carbonyl (C=O) groups excluding carboxylic acids is 2. The van der Waals surface area contributed by atoms with Crippen LogP contribution in [0.15, 0.2) is 84.9 Å². The predicted molar refractivity (Wildman–Crippen MR) is 123 cm³/mol. The lowest BCUT2D eigenvalue weighted by molar-refractivity contribution is -0.141. The Labute approximate surface area is 193 Å². The number of hydrogen-bond acceptors (Lipinski definition) is 5. The van der Waals surface area contributed by atoms with E-state index in [9.17, 15) is 9.59 Å². The van der Waals surface area contributed by atoms with E-state index < -0.39 is 0 Å². The van der Waals surface area contributed by atoms with Gasteiger partial charge in [0.25, 0.3) is 0 Å². The Morgan fingerprint density at radius 1 is 0.879 bits per heavy atom. The topological polar surface area (TPSA) is 61.8 Å². The van der Waals surface area contributed by atoms with Crippen molar-refractivity contribution in [3.63, 3.8) is 0 Å². The van der Waals surface area contributed by atoms with E-state index in [0.717, 1.165) is 16.7 Å². The van der Waals surface area contributed by atoms with Gasteiger partial charge in [-0.3, -0.25) is 4.79 Å². The number of rotatable bonds is 7. The molecule has 0 amide bonds. The van der Waals surface area contributed by atoms with E-state index >= 15 is 0 Å². The van der Waals surface area contributed by atoms with E-state index in [1.54, 1.807) is 12.1 Å². The summed E-state index contributed by atoms with van der Waals surface area (Å²) in [6.45, 7) is 0.892. The van der Waals surface area contributed by atoms with Crippen LogP contribution in [-0.2, 0) is 25.6 Å². The van der Waals surface area contributed by atoms with E-state index in [1.807, 2.05) is 72.8 Å². The largest absolute Gasteiger partial charge is 0.462 e. The van der Waals surface area contributed by atoms with Crippen molar-refractivity contribution in [2.24, 2.45) is 11.8 Å². The van der Waals surface area contributed by atoms with Crippen LogP contribution in [0.2, 0.25) is 0 Å². The van der Waals surface area contributed by atoms with Crippen LogP contribution in [0.25, 0.3) is 11.1 Å². The van der Waals surface area contributed by atoms with Gasteiger partial charge in [-0.05, 0) is 28.8 Å². The molecule has 2 fully saturated rings. The minimum Gasteiger partial charge on any atom is -0.462 e. The van der Waals surface area contributed by atoms with Crippen molar-refractivity contribution in [2.75, 3.05) is 6.61 Å². The molecular weight excluding hydrogens is 416 g/mol. The first-order chi connectivity index (χ1) is 16.2. The molecular formula is C28H26O5. The van der Waals surface area contributed by atoms with E-state index in [1.165, 1.54) is 0 Å². The first kappa shape index (κ1) is 21.4. The maximum absolute atomic E-state index is 12.9. The second-order valence-corrected chi connectivity index (χ2v) is 8.68. The van der Waals surface area contributed by atoms with Crippen molar-refractivity contribution < 1.29 is 23.8 Å². The lowest BCUT2D eigenvalue weighted by Gasteiger charge is -2.23. The van der Waals surface area contributed by atoms with Crippen LogP contribution < -0.4 is 0 Å². The maximum atomic E-state index is 12.9. The third-order valence-corrected chi connectivity index (χ3v) is 6.56. The van der Waals surface area contributed by atoms with Crippen LogP contribution in [0.4, 0.5) is 0 Å².